The van der Waals surface area contributed by atoms with Gasteiger partial charge in [0, 0.05) is 11.9 Å². The first kappa shape index (κ1) is 16.4. The van der Waals surface area contributed by atoms with Gasteiger partial charge in [-0.1, -0.05) is 13.0 Å². The first-order chi connectivity index (χ1) is 11.2. The number of aliphatic imine (C=N–C) groups is 1. The summed E-state index contributed by atoms with van der Waals surface area (Å²) in [4.78, 5) is 19.3. The first-order valence-electron chi connectivity index (χ1n) is 7.51. The lowest BCUT2D eigenvalue weighted by Gasteiger charge is -2.37. The highest BCUT2D eigenvalue weighted by molar-refractivity contribution is 7.10. The van der Waals surface area contributed by atoms with E-state index in [0.29, 0.717) is 0 Å². The molecule has 0 radical (unpaired) electrons. The van der Waals surface area contributed by atoms with E-state index in [1.165, 1.54) is 22.3 Å². The Hall–Kier alpha value is -2.41. The van der Waals surface area contributed by atoms with Gasteiger partial charge in [-0.2, -0.15) is 0 Å². The number of nitrogen functional groups attached to an aromatic ring is 1. The summed E-state index contributed by atoms with van der Waals surface area (Å²) < 4.78 is 13.3. The van der Waals surface area contributed by atoms with E-state index in [2.05, 4.69) is 4.99 Å². The molecule has 3 rings (SSSR count). The third kappa shape index (κ3) is 2.45. The highest BCUT2D eigenvalue weighted by atomic mass is 32.1. The van der Waals surface area contributed by atoms with Gasteiger partial charge in [0.05, 0.1) is 11.6 Å². The largest absolute Gasteiger partial charge is 0.396 e. The van der Waals surface area contributed by atoms with Crippen molar-refractivity contribution in [2.24, 2.45) is 16.6 Å². The minimum Gasteiger partial charge on any atom is -0.396 e. The Morgan fingerprint density at radius 2 is 2.00 bits per heavy atom. The molecule has 0 saturated heterocycles. The molecular formula is C17H19FN4OS. The number of thiophene rings is 1. The number of hydrogen-bond donors (Lipinski definition) is 2. The summed E-state index contributed by atoms with van der Waals surface area (Å²) in [7, 11) is 1.62. The van der Waals surface area contributed by atoms with Crippen LogP contribution in [0.3, 0.4) is 0 Å². The summed E-state index contributed by atoms with van der Waals surface area (Å²) in [5.41, 5.74) is 12.7. The molecular weight excluding hydrogens is 327 g/mol. The predicted molar refractivity (Wildman–Crippen MR) is 95.0 cm³/mol. The van der Waals surface area contributed by atoms with Gasteiger partial charge >= 0.3 is 0 Å². The Morgan fingerprint density at radius 3 is 2.67 bits per heavy atom. The lowest BCUT2D eigenvalue weighted by molar-refractivity contribution is -0.133. The van der Waals surface area contributed by atoms with E-state index >= 15 is 0 Å². The van der Waals surface area contributed by atoms with E-state index in [0.717, 1.165) is 16.0 Å². The number of benzene rings is 1. The van der Waals surface area contributed by atoms with Crippen molar-refractivity contribution >= 4 is 28.9 Å². The lowest BCUT2D eigenvalue weighted by atomic mass is 9.83. The van der Waals surface area contributed by atoms with Crippen molar-refractivity contribution in [3.63, 3.8) is 0 Å². The van der Waals surface area contributed by atoms with Crippen molar-refractivity contribution < 1.29 is 9.18 Å². The van der Waals surface area contributed by atoms with Crippen LogP contribution in [0.4, 0.5) is 10.1 Å². The van der Waals surface area contributed by atoms with Crippen LogP contribution in [-0.2, 0) is 10.3 Å². The first-order valence-corrected chi connectivity index (χ1v) is 8.39. The molecule has 1 amide bonds. The van der Waals surface area contributed by atoms with Crippen molar-refractivity contribution in [1.29, 1.82) is 0 Å². The van der Waals surface area contributed by atoms with Gasteiger partial charge in [-0.15, -0.1) is 11.3 Å². The quantitative estimate of drug-likeness (QED) is 0.820. The van der Waals surface area contributed by atoms with Crippen molar-refractivity contribution in [3.8, 4) is 11.1 Å². The number of nitrogens with zero attached hydrogens (tertiary/aromatic N) is 2. The maximum Gasteiger partial charge on any atom is 0.234 e. The van der Waals surface area contributed by atoms with Crippen molar-refractivity contribution in [3.05, 3.63) is 40.3 Å². The Balaban J connectivity index is 2.03. The number of rotatable bonds is 2. The Morgan fingerprint density at radius 1 is 1.29 bits per heavy atom. The third-order valence-electron chi connectivity index (χ3n) is 4.66. The van der Waals surface area contributed by atoms with E-state index in [1.54, 1.807) is 19.2 Å². The molecule has 1 aromatic carbocycles. The SMILES string of the molecule is C[C@H]1C(=O)N(C)C(N)=N[C@]1(C)c1cc(-c2ccc(F)c(N)c2)cs1. The van der Waals surface area contributed by atoms with Crippen LogP contribution < -0.4 is 11.5 Å². The molecule has 5 nitrogen and oxygen atoms in total. The summed E-state index contributed by atoms with van der Waals surface area (Å²) in [5, 5.41) is 1.95. The molecule has 1 aromatic heterocycles. The van der Waals surface area contributed by atoms with Gasteiger partial charge in [-0.05, 0) is 41.6 Å². The van der Waals surface area contributed by atoms with Gasteiger partial charge in [0.1, 0.15) is 11.4 Å². The maximum atomic E-state index is 13.3. The standard InChI is InChI=1S/C17H19FN4OS/c1-9-15(23)22(3)16(20)21-17(9,2)14-7-11(8-24-14)10-4-5-12(18)13(19)6-10/h4-9H,19H2,1-3H3,(H2,20,21)/t9-,17-/m0/s1. The Bertz CT molecular complexity index is 847. The highest BCUT2D eigenvalue weighted by Crippen LogP contribution is 2.42. The predicted octanol–water partition coefficient (Wildman–Crippen LogP) is 2.77. The lowest BCUT2D eigenvalue weighted by Crippen LogP contribution is -2.52. The van der Waals surface area contributed by atoms with Crippen LogP contribution in [0.15, 0.2) is 34.6 Å². The van der Waals surface area contributed by atoms with Crippen LogP contribution in [-0.4, -0.2) is 23.8 Å². The van der Waals surface area contributed by atoms with Gasteiger partial charge in [0.15, 0.2) is 5.96 Å². The number of carbonyl (C=O) groups is 1. The molecule has 0 aliphatic carbocycles. The summed E-state index contributed by atoms with van der Waals surface area (Å²) in [6.07, 6.45) is 0. The van der Waals surface area contributed by atoms with Crippen molar-refractivity contribution in [2.75, 3.05) is 12.8 Å². The molecule has 0 saturated carbocycles. The van der Waals surface area contributed by atoms with Gasteiger partial charge in [0.25, 0.3) is 0 Å². The second kappa shape index (κ2) is 5.59. The summed E-state index contributed by atoms with van der Waals surface area (Å²) in [5.74, 6) is -0.625. The second-order valence-electron chi connectivity index (χ2n) is 6.17. The average Bonchev–Trinajstić information content (AvgIpc) is 3.04. The zero-order chi connectivity index (χ0) is 17.6. The second-order valence-corrected chi connectivity index (χ2v) is 7.08. The third-order valence-corrected chi connectivity index (χ3v) is 5.82. The number of guanidine groups is 1. The summed E-state index contributed by atoms with van der Waals surface area (Å²) >= 11 is 1.50. The Labute approximate surface area is 143 Å². The molecule has 1 aliphatic rings. The minimum absolute atomic E-state index is 0.0639. The molecule has 0 spiro atoms. The van der Waals surface area contributed by atoms with Crippen LogP contribution in [0.1, 0.15) is 18.7 Å². The van der Waals surface area contributed by atoms with Crippen LogP contribution in [0.2, 0.25) is 0 Å². The molecule has 126 valence electrons. The normalized spacial score (nSPS) is 24.2. The van der Waals surface area contributed by atoms with Gasteiger partial charge in [-0.25, -0.2) is 9.38 Å². The molecule has 1 aliphatic heterocycles. The highest BCUT2D eigenvalue weighted by Gasteiger charge is 2.44. The fraction of sp³-hybridized carbons (Fsp3) is 0.294. The number of nitrogens with two attached hydrogens (primary N) is 2. The monoisotopic (exact) mass is 346 g/mol. The van der Waals surface area contributed by atoms with E-state index in [9.17, 15) is 9.18 Å². The zero-order valence-electron chi connectivity index (χ0n) is 13.7. The van der Waals surface area contributed by atoms with E-state index in [4.69, 9.17) is 11.5 Å². The number of carbonyl (C=O) groups excluding carboxylic acids is 1. The number of anilines is 1. The van der Waals surface area contributed by atoms with Gasteiger partial charge in [0.2, 0.25) is 5.91 Å². The van der Waals surface area contributed by atoms with E-state index in [-0.39, 0.29) is 23.5 Å². The van der Waals surface area contributed by atoms with Gasteiger partial charge < -0.3 is 11.5 Å². The van der Waals surface area contributed by atoms with Gasteiger partial charge in [-0.3, -0.25) is 9.69 Å². The fourth-order valence-corrected chi connectivity index (χ4v) is 3.91. The molecule has 0 unspecified atom stereocenters. The van der Waals surface area contributed by atoms with Crippen molar-refractivity contribution in [1.82, 2.24) is 4.90 Å². The fourth-order valence-electron chi connectivity index (χ4n) is 2.80. The number of amides is 1. The summed E-state index contributed by atoms with van der Waals surface area (Å²) in [6.45, 7) is 3.76. The van der Waals surface area contributed by atoms with Crippen LogP contribution >= 0.6 is 11.3 Å². The molecule has 2 heterocycles. The average molecular weight is 346 g/mol. The molecule has 24 heavy (non-hydrogen) atoms. The van der Waals surface area contributed by atoms with Crippen LogP contribution in [0.25, 0.3) is 11.1 Å². The van der Waals surface area contributed by atoms with Crippen LogP contribution in [0.5, 0.6) is 0 Å². The number of halogens is 1. The molecule has 2 atom stereocenters. The van der Waals surface area contributed by atoms with E-state index in [1.807, 2.05) is 25.3 Å². The molecule has 7 heteroatoms. The molecule has 0 fully saturated rings. The number of hydrogen-bond acceptors (Lipinski definition) is 5. The van der Waals surface area contributed by atoms with E-state index < -0.39 is 11.4 Å². The molecule has 0 bridgehead atoms. The van der Waals surface area contributed by atoms with Crippen molar-refractivity contribution in [2.45, 2.75) is 19.4 Å². The maximum absolute atomic E-state index is 13.3. The summed E-state index contributed by atoms with van der Waals surface area (Å²) in [6, 6.07) is 6.59. The molecule has 2 aromatic rings. The topological polar surface area (TPSA) is 84.7 Å². The smallest absolute Gasteiger partial charge is 0.234 e. The molecule has 4 N–H and O–H groups in total. The minimum atomic E-state index is -0.720. The van der Waals surface area contributed by atoms with Crippen LogP contribution in [0, 0.1) is 11.7 Å². The Kier molecular flexibility index (Phi) is 3.83. The zero-order valence-corrected chi connectivity index (χ0v) is 14.5.